The lowest BCUT2D eigenvalue weighted by Gasteiger charge is -2.27. The number of hydrogen-bond donors (Lipinski definition) is 1. The molecule has 1 aliphatic rings. The number of benzene rings is 1. The molecule has 1 N–H and O–H groups in total. The maximum atomic E-state index is 3.86. The Morgan fingerprint density at radius 3 is 2.82 bits per heavy atom. The number of hydrogen-bond acceptors (Lipinski definition) is 2. The van der Waals surface area contributed by atoms with E-state index in [1.807, 2.05) is 6.08 Å². The molecular formula is C15H22N2. The van der Waals surface area contributed by atoms with Gasteiger partial charge in [0.25, 0.3) is 0 Å². The second-order valence-corrected chi connectivity index (χ2v) is 4.74. The molecule has 0 radical (unpaired) electrons. The van der Waals surface area contributed by atoms with E-state index in [2.05, 4.69) is 41.9 Å². The Labute approximate surface area is 104 Å². The predicted octanol–water partition coefficient (Wildman–Crippen LogP) is 2.09. The Morgan fingerprint density at radius 2 is 2.12 bits per heavy atom. The van der Waals surface area contributed by atoms with Crippen molar-refractivity contribution in [3.63, 3.8) is 0 Å². The molecule has 2 rings (SSSR count). The van der Waals surface area contributed by atoms with E-state index in [-0.39, 0.29) is 0 Å². The first-order valence-electron chi connectivity index (χ1n) is 6.44. The molecule has 0 aromatic heterocycles. The number of nitrogens with zero attached hydrogens (tertiary/aromatic N) is 1. The predicted molar refractivity (Wildman–Crippen MR) is 74.3 cm³/mol. The lowest BCUT2D eigenvalue weighted by molar-refractivity contribution is 0.244. The van der Waals surface area contributed by atoms with E-state index in [9.17, 15) is 0 Å². The van der Waals surface area contributed by atoms with E-state index in [0.717, 1.165) is 19.5 Å². The second kappa shape index (κ2) is 5.99. The monoisotopic (exact) mass is 230 g/mol. The Morgan fingerprint density at radius 1 is 1.35 bits per heavy atom. The van der Waals surface area contributed by atoms with Gasteiger partial charge in [0.2, 0.25) is 0 Å². The summed E-state index contributed by atoms with van der Waals surface area (Å²) in [6.45, 7) is 11.8. The fourth-order valence-electron chi connectivity index (χ4n) is 2.29. The van der Waals surface area contributed by atoms with Gasteiger partial charge in [-0.3, -0.25) is 0 Å². The van der Waals surface area contributed by atoms with Crippen LogP contribution in [0.2, 0.25) is 0 Å². The molecule has 92 valence electrons. The first-order chi connectivity index (χ1) is 8.29. The van der Waals surface area contributed by atoms with E-state index in [1.54, 1.807) is 0 Å². The highest BCUT2D eigenvalue weighted by Crippen LogP contribution is 2.13. The molecule has 2 heteroatoms. The van der Waals surface area contributed by atoms with Crippen molar-refractivity contribution in [2.75, 3.05) is 32.7 Å². The molecule has 1 heterocycles. The highest BCUT2D eigenvalue weighted by atomic mass is 15.2. The summed E-state index contributed by atoms with van der Waals surface area (Å²) < 4.78 is 0. The van der Waals surface area contributed by atoms with Gasteiger partial charge < -0.3 is 10.2 Å². The Kier molecular flexibility index (Phi) is 4.35. The third-order valence-electron chi connectivity index (χ3n) is 3.49. The van der Waals surface area contributed by atoms with Crippen LogP contribution in [0.4, 0.5) is 0 Å². The molecular weight excluding hydrogens is 208 g/mol. The minimum atomic E-state index is 1.13. The van der Waals surface area contributed by atoms with Gasteiger partial charge in [-0.15, -0.1) is 0 Å². The second-order valence-electron chi connectivity index (χ2n) is 4.74. The van der Waals surface area contributed by atoms with Crippen LogP contribution in [-0.4, -0.2) is 37.6 Å². The zero-order valence-electron chi connectivity index (χ0n) is 10.7. The lowest BCUT2D eigenvalue weighted by atomic mass is 10.0. The standard InChI is InChI=1S/C15H22N2/c1-3-15-12-14(5-4-13(15)2)6-9-17-10-7-16-8-11-17/h3-5,12,16H,1,6-11H2,2H3. The minimum absolute atomic E-state index is 1.13. The number of aryl methyl sites for hydroxylation is 1. The number of nitrogens with one attached hydrogen (secondary N) is 1. The van der Waals surface area contributed by atoms with Crippen LogP contribution in [0.15, 0.2) is 24.8 Å². The van der Waals surface area contributed by atoms with Crippen LogP contribution < -0.4 is 5.32 Å². The van der Waals surface area contributed by atoms with Crippen molar-refractivity contribution in [2.24, 2.45) is 0 Å². The van der Waals surface area contributed by atoms with Crippen molar-refractivity contribution < 1.29 is 0 Å². The molecule has 0 saturated carbocycles. The summed E-state index contributed by atoms with van der Waals surface area (Å²) in [5.41, 5.74) is 4.00. The van der Waals surface area contributed by atoms with Crippen molar-refractivity contribution in [1.29, 1.82) is 0 Å². The van der Waals surface area contributed by atoms with Crippen LogP contribution in [-0.2, 0) is 6.42 Å². The summed E-state index contributed by atoms with van der Waals surface area (Å²) in [7, 11) is 0. The summed E-state index contributed by atoms with van der Waals surface area (Å²) >= 11 is 0. The first kappa shape index (κ1) is 12.3. The van der Waals surface area contributed by atoms with Crippen LogP contribution in [0.5, 0.6) is 0 Å². The molecule has 17 heavy (non-hydrogen) atoms. The molecule has 0 atom stereocenters. The fourth-order valence-corrected chi connectivity index (χ4v) is 2.29. The first-order valence-corrected chi connectivity index (χ1v) is 6.44. The van der Waals surface area contributed by atoms with Gasteiger partial charge in [0.1, 0.15) is 0 Å². The molecule has 0 aliphatic carbocycles. The minimum Gasteiger partial charge on any atom is -0.314 e. The van der Waals surface area contributed by atoms with Gasteiger partial charge in [0.05, 0.1) is 0 Å². The van der Waals surface area contributed by atoms with Crippen LogP contribution in [0, 0.1) is 6.92 Å². The van der Waals surface area contributed by atoms with Gasteiger partial charge in [0, 0.05) is 32.7 Å². The fraction of sp³-hybridized carbons (Fsp3) is 0.467. The molecule has 1 aliphatic heterocycles. The Bertz CT molecular complexity index is 379. The molecule has 1 fully saturated rings. The average Bonchev–Trinajstić information content (AvgIpc) is 2.39. The molecule has 2 nitrogen and oxygen atoms in total. The van der Waals surface area contributed by atoms with Crippen LogP contribution in [0.1, 0.15) is 16.7 Å². The lowest BCUT2D eigenvalue weighted by Crippen LogP contribution is -2.44. The largest absolute Gasteiger partial charge is 0.314 e. The summed E-state index contributed by atoms with van der Waals surface area (Å²) in [5, 5.41) is 3.38. The highest BCUT2D eigenvalue weighted by molar-refractivity contribution is 5.52. The van der Waals surface area contributed by atoms with Gasteiger partial charge in [-0.2, -0.15) is 0 Å². The molecule has 0 spiro atoms. The number of rotatable bonds is 4. The summed E-state index contributed by atoms with van der Waals surface area (Å²) in [6.07, 6.45) is 3.09. The summed E-state index contributed by atoms with van der Waals surface area (Å²) in [6, 6.07) is 6.71. The zero-order chi connectivity index (χ0) is 12.1. The van der Waals surface area contributed by atoms with E-state index >= 15 is 0 Å². The molecule has 1 aromatic carbocycles. The van der Waals surface area contributed by atoms with Crippen molar-refractivity contribution >= 4 is 6.08 Å². The molecule has 1 aromatic rings. The maximum Gasteiger partial charge on any atom is 0.0108 e. The Balaban J connectivity index is 1.91. The topological polar surface area (TPSA) is 15.3 Å². The van der Waals surface area contributed by atoms with Gasteiger partial charge >= 0.3 is 0 Å². The quantitative estimate of drug-likeness (QED) is 0.852. The third kappa shape index (κ3) is 3.42. The summed E-state index contributed by atoms with van der Waals surface area (Å²) in [5.74, 6) is 0. The third-order valence-corrected chi connectivity index (χ3v) is 3.49. The zero-order valence-corrected chi connectivity index (χ0v) is 10.7. The summed E-state index contributed by atoms with van der Waals surface area (Å²) in [4.78, 5) is 2.53. The van der Waals surface area contributed by atoms with Gasteiger partial charge in [-0.1, -0.05) is 30.9 Å². The van der Waals surface area contributed by atoms with Crippen molar-refractivity contribution in [2.45, 2.75) is 13.3 Å². The number of piperazine rings is 1. The van der Waals surface area contributed by atoms with Gasteiger partial charge in [-0.05, 0) is 30.0 Å². The molecule has 1 saturated heterocycles. The highest BCUT2D eigenvalue weighted by Gasteiger charge is 2.09. The average molecular weight is 230 g/mol. The van der Waals surface area contributed by atoms with E-state index in [0.29, 0.717) is 0 Å². The van der Waals surface area contributed by atoms with Crippen molar-refractivity contribution in [3.8, 4) is 0 Å². The molecule has 0 bridgehead atoms. The van der Waals surface area contributed by atoms with Gasteiger partial charge in [0.15, 0.2) is 0 Å². The van der Waals surface area contributed by atoms with Crippen LogP contribution in [0.3, 0.4) is 0 Å². The maximum absolute atomic E-state index is 3.86. The van der Waals surface area contributed by atoms with E-state index in [4.69, 9.17) is 0 Å². The van der Waals surface area contributed by atoms with Gasteiger partial charge in [-0.25, -0.2) is 0 Å². The molecule has 0 amide bonds. The molecule has 0 unspecified atom stereocenters. The van der Waals surface area contributed by atoms with Crippen molar-refractivity contribution in [3.05, 3.63) is 41.5 Å². The SMILES string of the molecule is C=Cc1cc(CCN2CCNCC2)ccc1C. The van der Waals surface area contributed by atoms with Crippen LogP contribution in [0.25, 0.3) is 6.08 Å². The Hall–Kier alpha value is -1.12. The van der Waals surface area contributed by atoms with Crippen molar-refractivity contribution in [1.82, 2.24) is 10.2 Å². The smallest absolute Gasteiger partial charge is 0.0108 e. The van der Waals surface area contributed by atoms with E-state index in [1.165, 1.54) is 36.3 Å². The van der Waals surface area contributed by atoms with E-state index < -0.39 is 0 Å². The normalized spacial score (nSPS) is 17.0. The van der Waals surface area contributed by atoms with Crippen LogP contribution >= 0.6 is 0 Å².